The van der Waals surface area contributed by atoms with Crippen LogP contribution in [0.15, 0.2) is 59.2 Å². The van der Waals surface area contributed by atoms with E-state index in [1.54, 1.807) is 36.4 Å². The second kappa shape index (κ2) is 9.64. The molecule has 0 fully saturated rings. The Bertz CT molecular complexity index is 1180. The van der Waals surface area contributed by atoms with E-state index in [2.05, 4.69) is 0 Å². The van der Waals surface area contributed by atoms with E-state index in [1.807, 2.05) is 0 Å². The van der Waals surface area contributed by atoms with Gasteiger partial charge in [0, 0.05) is 11.6 Å². The van der Waals surface area contributed by atoms with Gasteiger partial charge in [0.25, 0.3) is 5.91 Å². The van der Waals surface area contributed by atoms with Gasteiger partial charge in [-0.05, 0) is 48.0 Å². The molecule has 2 aromatic carbocycles. The molecule has 0 atom stereocenters. The average Bonchev–Trinajstić information content (AvgIpc) is 3.19. The first-order valence-electron chi connectivity index (χ1n) is 8.99. The van der Waals surface area contributed by atoms with E-state index in [0.717, 1.165) is 6.26 Å². The molecule has 31 heavy (non-hydrogen) atoms. The summed E-state index contributed by atoms with van der Waals surface area (Å²) >= 11 is 12.2. The fourth-order valence-electron chi connectivity index (χ4n) is 2.89. The molecule has 0 saturated heterocycles. The third-order valence-corrected chi connectivity index (χ3v) is 5.25. The van der Waals surface area contributed by atoms with Gasteiger partial charge in [0.2, 0.25) is 0 Å². The molecular formula is C21H19Cl2NO6S. The van der Waals surface area contributed by atoms with Gasteiger partial charge in [-0.1, -0.05) is 29.3 Å². The van der Waals surface area contributed by atoms with Gasteiger partial charge in [0.05, 0.1) is 36.8 Å². The molecule has 10 heteroatoms. The van der Waals surface area contributed by atoms with E-state index in [0.29, 0.717) is 16.3 Å². The van der Waals surface area contributed by atoms with Crippen LogP contribution in [-0.2, 0) is 23.2 Å². The molecule has 1 heterocycles. The largest absolute Gasteiger partial charge is 0.493 e. The van der Waals surface area contributed by atoms with E-state index < -0.39 is 10.1 Å². The molecule has 0 N–H and O–H groups in total. The number of carbonyl (C=O) groups is 1. The Morgan fingerprint density at radius 1 is 1.06 bits per heavy atom. The molecule has 0 bridgehead atoms. The first kappa shape index (κ1) is 23.0. The zero-order valence-corrected chi connectivity index (χ0v) is 19.0. The number of methoxy groups -OCH3 is 1. The summed E-state index contributed by atoms with van der Waals surface area (Å²) in [7, 11) is -2.37. The molecule has 7 nitrogen and oxygen atoms in total. The van der Waals surface area contributed by atoms with Gasteiger partial charge in [-0.3, -0.25) is 4.79 Å². The number of carbonyl (C=O) groups excluding carboxylic acids is 1. The minimum atomic E-state index is -3.77. The molecule has 164 valence electrons. The van der Waals surface area contributed by atoms with Crippen molar-refractivity contribution in [3.05, 3.63) is 81.7 Å². The lowest BCUT2D eigenvalue weighted by molar-refractivity contribution is 0.0717. The topological polar surface area (TPSA) is 86.0 Å². The van der Waals surface area contributed by atoms with Gasteiger partial charge in [0.15, 0.2) is 11.5 Å². The lowest BCUT2D eigenvalue weighted by atomic mass is 10.1. The van der Waals surface area contributed by atoms with Crippen LogP contribution in [0.5, 0.6) is 11.5 Å². The zero-order chi connectivity index (χ0) is 22.6. The molecule has 3 rings (SSSR count). The lowest BCUT2D eigenvalue weighted by Gasteiger charge is -2.23. The summed E-state index contributed by atoms with van der Waals surface area (Å²) in [6, 6.07) is 12.9. The van der Waals surface area contributed by atoms with Gasteiger partial charge in [0.1, 0.15) is 5.76 Å². The van der Waals surface area contributed by atoms with Crippen molar-refractivity contribution in [2.45, 2.75) is 13.1 Å². The predicted octanol–water partition coefficient (Wildman–Crippen LogP) is 4.78. The molecule has 0 saturated carbocycles. The first-order chi connectivity index (χ1) is 14.7. The van der Waals surface area contributed by atoms with Gasteiger partial charge >= 0.3 is 10.1 Å². The lowest BCUT2D eigenvalue weighted by Crippen LogP contribution is -2.30. The van der Waals surface area contributed by atoms with E-state index >= 15 is 0 Å². The fraction of sp³-hybridized carbons (Fsp3) is 0.190. The predicted molar refractivity (Wildman–Crippen MR) is 117 cm³/mol. The van der Waals surface area contributed by atoms with Crippen molar-refractivity contribution in [3.63, 3.8) is 0 Å². The fourth-order valence-corrected chi connectivity index (χ4v) is 3.84. The summed E-state index contributed by atoms with van der Waals surface area (Å²) in [5.74, 6) is 0.496. The number of halogens is 2. The van der Waals surface area contributed by atoms with Crippen LogP contribution in [-0.4, -0.2) is 32.6 Å². The number of benzene rings is 2. The number of ether oxygens (including phenoxy) is 1. The maximum Gasteiger partial charge on any atom is 0.306 e. The molecule has 0 radical (unpaired) electrons. The van der Waals surface area contributed by atoms with Crippen molar-refractivity contribution in [2.75, 3.05) is 13.4 Å². The summed E-state index contributed by atoms with van der Waals surface area (Å²) in [6.45, 7) is 0.293. The maximum absolute atomic E-state index is 13.2. The standard InChI is InChI=1S/C21H19Cl2NO6S/c1-28-19-8-5-14(10-20(19)30-31(2,26)27)12-24(13-16-4-3-9-29-16)21(25)17-7-6-15(22)11-18(17)23/h3-11H,12-13H2,1-2H3. The van der Waals surface area contributed by atoms with Crippen LogP contribution in [0, 0.1) is 0 Å². The minimum absolute atomic E-state index is 0.0254. The van der Waals surface area contributed by atoms with Crippen LogP contribution in [0.4, 0.5) is 0 Å². The van der Waals surface area contributed by atoms with E-state index in [-0.39, 0.29) is 41.1 Å². The molecule has 0 spiro atoms. The molecule has 0 aliphatic carbocycles. The number of nitrogens with zero attached hydrogens (tertiary/aromatic N) is 1. The van der Waals surface area contributed by atoms with E-state index in [9.17, 15) is 13.2 Å². The smallest absolute Gasteiger partial charge is 0.306 e. The summed E-state index contributed by atoms with van der Waals surface area (Å²) in [5.41, 5.74) is 0.892. The average molecular weight is 484 g/mol. The van der Waals surface area contributed by atoms with Crippen molar-refractivity contribution >= 4 is 39.2 Å². The summed E-state index contributed by atoms with van der Waals surface area (Å²) in [6.07, 6.45) is 2.45. The number of amides is 1. The Morgan fingerprint density at radius 2 is 1.84 bits per heavy atom. The van der Waals surface area contributed by atoms with Crippen molar-refractivity contribution < 1.29 is 26.5 Å². The Kier molecular flexibility index (Phi) is 7.15. The summed E-state index contributed by atoms with van der Waals surface area (Å²) in [5, 5.41) is 0.634. The minimum Gasteiger partial charge on any atom is -0.493 e. The number of hydrogen-bond acceptors (Lipinski definition) is 6. The number of hydrogen-bond donors (Lipinski definition) is 0. The Balaban J connectivity index is 1.95. The van der Waals surface area contributed by atoms with Gasteiger partial charge in [-0.25, -0.2) is 0 Å². The normalized spacial score (nSPS) is 11.2. The highest BCUT2D eigenvalue weighted by molar-refractivity contribution is 7.86. The van der Waals surface area contributed by atoms with Crippen molar-refractivity contribution in [1.29, 1.82) is 0 Å². The second-order valence-corrected chi connectivity index (χ2v) is 9.06. The SMILES string of the molecule is COc1ccc(CN(Cc2ccco2)C(=O)c2ccc(Cl)cc2Cl)cc1OS(C)(=O)=O. The molecule has 1 aromatic heterocycles. The highest BCUT2D eigenvalue weighted by Gasteiger charge is 2.21. The van der Waals surface area contributed by atoms with E-state index in [1.165, 1.54) is 30.4 Å². The summed E-state index contributed by atoms with van der Waals surface area (Å²) < 4.78 is 38.8. The molecule has 0 aliphatic rings. The Hall–Kier alpha value is -2.68. The van der Waals surface area contributed by atoms with Gasteiger partial charge in [-0.15, -0.1) is 0 Å². The van der Waals surface area contributed by atoms with Crippen LogP contribution in [0.2, 0.25) is 10.0 Å². The maximum atomic E-state index is 13.2. The molecule has 0 aliphatic heterocycles. The first-order valence-corrected chi connectivity index (χ1v) is 11.6. The van der Waals surface area contributed by atoms with Crippen molar-refractivity contribution in [2.24, 2.45) is 0 Å². The quantitative estimate of drug-likeness (QED) is 0.428. The molecule has 3 aromatic rings. The van der Waals surface area contributed by atoms with Crippen molar-refractivity contribution in [3.8, 4) is 11.5 Å². The summed E-state index contributed by atoms with van der Waals surface area (Å²) in [4.78, 5) is 14.8. The Morgan fingerprint density at radius 3 is 2.45 bits per heavy atom. The van der Waals surface area contributed by atoms with Gasteiger partial charge in [-0.2, -0.15) is 8.42 Å². The molecule has 0 unspecified atom stereocenters. The monoisotopic (exact) mass is 483 g/mol. The van der Waals surface area contributed by atoms with Crippen LogP contribution in [0.3, 0.4) is 0 Å². The van der Waals surface area contributed by atoms with E-state index in [4.69, 9.17) is 36.5 Å². The molecule has 1 amide bonds. The zero-order valence-electron chi connectivity index (χ0n) is 16.7. The highest BCUT2D eigenvalue weighted by atomic mass is 35.5. The number of rotatable bonds is 8. The third kappa shape index (κ3) is 6.16. The second-order valence-electron chi connectivity index (χ2n) is 6.64. The third-order valence-electron chi connectivity index (χ3n) is 4.22. The van der Waals surface area contributed by atoms with Crippen molar-refractivity contribution in [1.82, 2.24) is 4.90 Å². The van der Waals surface area contributed by atoms with Crippen LogP contribution in [0.1, 0.15) is 21.7 Å². The van der Waals surface area contributed by atoms with Crippen LogP contribution in [0.25, 0.3) is 0 Å². The highest BCUT2D eigenvalue weighted by Crippen LogP contribution is 2.30. The van der Waals surface area contributed by atoms with Crippen LogP contribution < -0.4 is 8.92 Å². The number of furan rings is 1. The van der Waals surface area contributed by atoms with Gasteiger partial charge < -0.3 is 18.2 Å². The Labute approximate surface area is 190 Å². The molecular weight excluding hydrogens is 465 g/mol. The van der Waals surface area contributed by atoms with Crippen LogP contribution >= 0.6 is 23.2 Å².